The zero-order chi connectivity index (χ0) is 12.6. The van der Waals surface area contributed by atoms with Gasteiger partial charge in [-0.2, -0.15) is 13.2 Å². The lowest BCUT2D eigenvalue weighted by Gasteiger charge is -2.07. The molecule has 0 aliphatic carbocycles. The quantitative estimate of drug-likeness (QED) is 0.213. The summed E-state index contributed by atoms with van der Waals surface area (Å²) in [6, 6.07) is 0. The van der Waals surface area contributed by atoms with Gasteiger partial charge in [-0.05, 0) is 12.8 Å². The summed E-state index contributed by atoms with van der Waals surface area (Å²) in [5.41, 5.74) is 5.16. The van der Waals surface area contributed by atoms with Gasteiger partial charge in [0.15, 0.2) is 0 Å². The third kappa shape index (κ3) is 9.10. The fourth-order valence-electron chi connectivity index (χ4n) is 0.953. The number of rotatable bonds is 6. The highest BCUT2D eigenvalue weighted by atomic mass is 19.4. The highest BCUT2D eigenvalue weighted by Crippen LogP contribution is 2.18. The van der Waals surface area contributed by atoms with Gasteiger partial charge in [-0.3, -0.25) is 4.79 Å². The second-order valence-electron chi connectivity index (χ2n) is 3.19. The standard InChI is InChI=1S/C8H14F3N3O2/c9-8(10,11)5-7(15)13-4-2-1-3-6(12)14-16/h16H,1-5H2,(H2,12,14)(H,13,15). The van der Waals surface area contributed by atoms with E-state index in [1.54, 1.807) is 0 Å². The van der Waals surface area contributed by atoms with Crippen LogP contribution in [0.15, 0.2) is 5.16 Å². The Morgan fingerprint density at radius 1 is 1.38 bits per heavy atom. The zero-order valence-electron chi connectivity index (χ0n) is 8.55. The van der Waals surface area contributed by atoms with Gasteiger partial charge in [0.25, 0.3) is 0 Å². The molecule has 8 heteroatoms. The molecule has 0 bridgehead atoms. The molecule has 0 rings (SSSR count). The minimum atomic E-state index is -4.47. The lowest BCUT2D eigenvalue weighted by Crippen LogP contribution is -2.29. The van der Waals surface area contributed by atoms with Crippen molar-refractivity contribution in [2.75, 3.05) is 6.54 Å². The molecule has 0 saturated carbocycles. The number of hydrogen-bond acceptors (Lipinski definition) is 3. The van der Waals surface area contributed by atoms with Crippen LogP contribution in [0.25, 0.3) is 0 Å². The minimum absolute atomic E-state index is 0.0571. The van der Waals surface area contributed by atoms with Crippen LogP contribution in [-0.2, 0) is 4.79 Å². The van der Waals surface area contributed by atoms with E-state index in [1.165, 1.54) is 0 Å². The first kappa shape index (κ1) is 14.5. The minimum Gasteiger partial charge on any atom is -0.409 e. The number of nitrogens with two attached hydrogens (primary N) is 1. The second-order valence-corrected chi connectivity index (χ2v) is 3.19. The first-order chi connectivity index (χ1) is 7.35. The molecule has 0 aromatic rings. The molecule has 0 saturated heterocycles. The number of carbonyl (C=O) groups is 1. The molecule has 0 spiro atoms. The van der Waals surface area contributed by atoms with Crippen LogP contribution in [0.3, 0.4) is 0 Å². The number of unbranched alkanes of at least 4 members (excludes halogenated alkanes) is 1. The molecular weight excluding hydrogens is 227 g/mol. The molecule has 0 heterocycles. The molecule has 4 N–H and O–H groups in total. The van der Waals surface area contributed by atoms with Gasteiger partial charge in [0, 0.05) is 13.0 Å². The van der Waals surface area contributed by atoms with E-state index >= 15 is 0 Å². The summed E-state index contributed by atoms with van der Waals surface area (Å²) >= 11 is 0. The Bertz CT molecular complexity index is 253. The van der Waals surface area contributed by atoms with E-state index in [9.17, 15) is 18.0 Å². The Morgan fingerprint density at radius 2 is 2.00 bits per heavy atom. The number of nitrogens with one attached hydrogen (secondary N) is 1. The van der Waals surface area contributed by atoms with Gasteiger partial charge in [-0.25, -0.2) is 0 Å². The van der Waals surface area contributed by atoms with E-state index in [2.05, 4.69) is 10.5 Å². The second kappa shape index (κ2) is 6.91. The molecule has 0 radical (unpaired) electrons. The van der Waals surface area contributed by atoms with Crippen LogP contribution in [0.5, 0.6) is 0 Å². The van der Waals surface area contributed by atoms with Crippen LogP contribution in [-0.4, -0.2) is 29.7 Å². The van der Waals surface area contributed by atoms with E-state index in [1.807, 2.05) is 0 Å². The predicted octanol–water partition coefficient (Wildman–Crippen LogP) is 0.972. The van der Waals surface area contributed by atoms with Crippen molar-refractivity contribution in [3.63, 3.8) is 0 Å². The summed E-state index contributed by atoms with van der Waals surface area (Å²) in [5.74, 6) is -0.988. The summed E-state index contributed by atoms with van der Waals surface area (Å²) in [7, 11) is 0. The number of halogens is 3. The van der Waals surface area contributed by atoms with Gasteiger partial charge < -0.3 is 16.3 Å². The normalized spacial score (nSPS) is 12.6. The lowest BCUT2D eigenvalue weighted by atomic mass is 10.2. The molecule has 94 valence electrons. The van der Waals surface area contributed by atoms with Gasteiger partial charge in [0.05, 0.1) is 0 Å². The fraction of sp³-hybridized carbons (Fsp3) is 0.750. The molecule has 0 aromatic heterocycles. The monoisotopic (exact) mass is 241 g/mol. The molecule has 0 fully saturated rings. The van der Waals surface area contributed by atoms with Crippen molar-refractivity contribution in [3.8, 4) is 0 Å². The maximum Gasteiger partial charge on any atom is 0.397 e. The molecule has 5 nitrogen and oxygen atoms in total. The van der Waals surface area contributed by atoms with Crippen LogP contribution < -0.4 is 11.1 Å². The maximum absolute atomic E-state index is 11.7. The van der Waals surface area contributed by atoms with Gasteiger partial charge in [-0.15, -0.1) is 0 Å². The van der Waals surface area contributed by atoms with Gasteiger partial charge in [0.2, 0.25) is 5.91 Å². The van der Waals surface area contributed by atoms with Crippen molar-refractivity contribution >= 4 is 11.7 Å². The van der Waals surface area contributed by atoms with Crippen LogP contribution in [0.4, 0.5) is 13.2 Å². The smallest absolute Gasteiger partial charge is 0.397 e. The fourth-order valence-corrected chi connectivity index (χ4v) is 0.953. The number of oxime groups is 1. The summed E-state index contributed by atoms with van der Waals surface area (Å²) in [6.45, 7) is 0.146. The maximum atomic E-state index is 11.7. The van der Waals surface area contributed by atoms with Gasteiger partial charge >= 0.3 is 6.18 Å². The molecular formula is C8H14F3N3O2. The summed E-state index contributed by atoms with van der Waals surface area (Å²) < 4.78 is 35.1. The molecule has 0 atom stereocenters. The number of amides is 1. The largest absolute Gasteiger partial charge is 0.409 e. The van der Waals surface area contributed by atoms with Crippen LogP contribution in [0.1, 0.15) is 25.7 Å². The Labute approximate surface area is 90.5 Å². The van der Waals surface area contributed by atoms with Gasteiger partial charge in [0.1, 0.15) is 12.3 Å². The molecule has 0 aromatic carbocycles. The first-order valence-corrected chi connectivity index (χ1v) is 4.65. The SMILES string of the molecule is NC(CCCCNC(=O)CC(F)(F)F)=NO. The molecule has 16 heavy (non-hydrogen) atoms. The zero-order valence-corrected chi connectivity index (χ0v) is 8.55. The molecule has 0 aliphatic heterocycles. The lowest BCUT2D eigenvalue weighted by molar-refractivity contribution is -0.153. The number of carbonyl (C=O) groups excluding carboxylic acids is 1. The van der Waals surface area contributed by atoms with Crippen molar-refractivity contribution in [1.29, 1.82) is 0 Å². The van der Waals surface area contributed by atoms with Crippen LogP contribution >= 0.6 is 0 Å². The molecule has 0 aliphatic rings. The van der Waals surface area contributed by atoms with Crippen molar-refractivity contribution in [1.82, 2.24) is 5.32 Å². The van der Waals surface area contributed by atoms with Crippen molar-refractivity contribution in [2.24, 2.45) is 10.9 Å². The molecule has 1 amide bonds. The van der Waals surface area contributed by atoms with E-state index in [0.29, 0.717) is 19.3 Å². The average molecular weight is 241 g/mol. The van der Waals surface area contributed by atoms with Crippen molar-refractivity contribution in [2.45, 2.75) is 31.9 Å². The van der Waals surface area contributed by atoms with E-state index in [-0.39, 0.29) is 12.4 Å². The third-order valence-electron chi connectivity index (χ3n) is 1.67. The Kier molecular flexibility index (Phi) is 6.28. The van der Waals surface area contributed by atoms with Crippen LogP contribution in [0.2, 0.25) is 0 Å². The van der Waals surface area contributed by atoms with Crippen molar-refractivity contribution < 1.29 is 23.2 Å². The number of hydrogen-bond donors (Lipinski definition) is 3. The first-order valence-electron chi connectivity index (χ1n) is 4.65. The van der Waals surface area contributed by atoms with E-state index in [0.717, 1.165) is 0 Å². The summed E-state index contributed by atoms with van der Waals surface area (Å²) in [4.78, 5) is 10.7. The topological polar surface area (TPSA) is 87.7 Å². The van der Waals surface area contributed by atoms with Gasteiger partial charge in [-0.1, -0.05) is 5.16 Å². The Balaban J connectivity index is 3.49. The third-order valence-corrected chi connectivity index (χ3v) is 1.67. The highest BCUT2D eigenvalue weighted by molar-refractivity contribution is 5.79. The summed E-state index contributed by atoms with van der Waals surface area (Å²) in [6.07, 6.45) is -4.60. The molecule has 0 unspecified atom stereocenters. The number of alkyl halides is 3. The highest BCUT2D eigenvalue weighted by Gasteiger charge is 2.30. The Morgan fingerprint density at radius 3 is 2.50 bits per heavy atom. The number of amidine groups is 1. The predicted molar refractivity (Wildman–Crippen MR) is 50.9 cm³/mol. The average Bonchev–Trinajstić information content (AvgIpc) is 2.14. The number of nitrogens with zero attached hydrogens (tertiary/aromatic N) is 1. The van der Waals surface area contributed by atoms with E-state index in [4.69, 9.17) is 10.9 Å². The van der Waals surface area contributed by atoms with Crippen LogP contribution in [0, 0.1) is 0 Å². The summed E-state index contributed by atoms with van der Waals surface area (Å²) in [5, 5.41) is 13.0. The van der Waals surface area contributed by atoms with E-state index < -0.39 is 18.5 Å². The Hall–Kier alpha value is -1.47. The van der Waals surface area contributed by atoms with Crippen molar-refractivity contribution in [3.05, 3.63) is 0 Å².